The van der Waals surface area contributed by atoms with E-state index in [4.69, 9.17) is 24.4 Å². The van der Waals surface area contributed by atoms with Gasteiger partial charge in [0.1, 0.15) is 8.64 Å². The highest BCUT2D eigenvalue weighted by Crippen LogP contribution is 2.24. The lowest BCUT2D eigenvalue weighted by molar-refractivity contribution is 0.447. The van der Waals surface area contributed by atoms with E-state index in [-0.39, 0.29) is 0 Å². The molecule has 0 fully saturated rings. The second-order valence-corrected chi connectivity index (χ2v) is 9.82. The summed E-state index contributed by atoms with van der Waals surface area (Å²) >= 11 is 10.8. The van der Waals surface area contributed by atoms with E-state index in [1.165, 1.54) is 51.4 Å². The maximum Gasteiger partial charge on any atom is 0.144 e. The minimum absolute atomic E-state index is 0.724. The first-order valence-electron chi connectivity index (χ1n) is 9.47. The predicted molar refractivity (Wildman–Crippen MR) is 123 cm³/mol. The summed E-state index contributed by atoms with van der Waals surface area (Å²) in [5, 5.41) is 6.78. The van der Waals surface area contributed by atoms with E-state index in [0.717, 1.165) is 33.6 Å². The van der Waals surface area contributed by atoms with Crippen molar-refractivity contribution in [2.75, 3.05) is 13.1 Å². The SMILES string of the molecule is CCCCC(CC)CNC(=S)SSC(=S)NCC(CC)CCCC. The van der Waals surface area contributed by atoms with E-state index in [1.807, 2.05) is 0 Å². The van der Waals surface area contributed by atoms with Gasteiger partial charge in [-0.05, 0) is 46.3 Å². The Labute approximate surface area is 168 Å². The molecule has 0 aliphatic heterocycles. The number of thiocarbonyl (C=S) groups is 2. The fourth-order valence-electron chi connectivity index (χ4n) is 2.48. The monoisotopic (exact) mass is 408 g/mol. The van der Waals surface area contributed by atoms with Crippen molar-refractivity contribution in [3.63, 3.8) is 0 Å². The molecule has 0 aliphatic carbocycles. The van der Waals surface area contributed by atoms with Crippen molar-refractivity contribution in [1.82, 2.24) is 10.6 Å². The Bertz CT molecular complexity index is 305. The normalized spacial score (nSPS) is 13.3. The summed E-state index contributed by atoms with van der Waals surface area (Å²) in [6, 6.07) is 0. The van der Waals surface area contributed by atoms with Gasteiger partial charge in [-0.2, -0.15) is 0 Å². The average molecular weight is 409 g/mol. The Morgan fingerprint density at radius 2 is 1.12 bits per heavy atom. The molecule has 2 unspecified atom stereocenters. The predicted octanol–water partition coefficient (Wildman–Crippen LogP) is 6.55. The van der Waals surface area contributed by atoms with Crippen molar-refractivity contribution >= 4 is 54.7 Å². The molecule has 142 valence electrons. The minimum Gasteiger partial charge on any atom is -0.370 e. The van der Waals surface area contributed by atoms with Crippen molar-refractivity contribution in [1.29, 1.82) is 0 Å². The van der Waals surface area contributed by atoms with Crippen LogP contribution in [0.1, 0.15) is 79.1 Å². The molecule has 0 saturated carbocycles. The first-order valence-corrected chi connectivity index (χ1v) is 12.4. The number of hydrogen-bond acceptors (Lipinski definition) is 4. The number of rotatable bonds is 12. The molecule has 0 spiro atoms. The van der Waals surface area contributed by atoms with Crippen molar-refractivity contribution < 1.29 is 0 Å². The zero-order chi connectivity index (χ0) is 18.2. The fourth-order valence-corrected chi connectivity index (χ4v) is 4.50. The summed E-state index contributed by atoms with van der Waals surface area (Å²) in [4.78, 5) is 0. The van der Waals surface area contributed by atoms with Crippen molar-refractivity contribution in [2.24, 2.45) is 11.8 Å². The highest BCUT2D eigenvalue weighted by Gasteiger charge is 2.10. The topological polar surface area (TPSA) is 24.1 Å². The summed E-state index contributed by atoms with van der Waals surface area (Å²) in [5.74, 6) is 1.45. The van der Waals surface area contributed by atoms with Gasteiger partial charge in [0.15, 0.2) is 0 Å². The maximum atomic E-state index is 5.41. The first kappa shape index (κ1) is 24.5. The molecule has 0 aromatic heterocycles. The van der Waals surface area contributed by atoms with Gasteiger partial charge in [0.25, 0.3) is 0 Å². The van der Waals surface area contributed by atoms with E-state index in [9.17, 15) is 0 Å². The van der Waals surface area contributed by atoms with E-state index in [1.54, 1.807) is 21.6 Å². The van der Waals surface area contributed by atoms with Crippen LogP contribution in [0, 0.1) is 11.8 Å². The molecule has 24 heavy (non-hydrogen) atoms. The van der Waals surface area contributed by atoms with Crippen LogP contribution in [0.15, 0.2) is 0 Å². The Hall–Kier alpha value is 0.480. The summed E-state index contributed by atoms with van der Waals surface area (Å²) < 4.78 is 1.69. The van der Waals surface area contributed by atoms with Crippen molar-refractivity contribution in [3.8, 4) is 0 Å². The number of hydrogen-bond donors (Lipinski definition) is 2. The van der Waals surface area contributed by atoms with Crippen LogP contribution in [0.25, 0.3) is 0 Å². The van der Waals surface area contributed by atoms with Crippen LogP contribution >= 0.6 is 46.0 Å². The molecular formula is C18H36N2S4. The van der Waals surface area contributed by atoms with Crippen LogP contribution in [-0.2, 0) is 0 Å². The van der Waals surface area contributed by atoms with Crippen LogP contribution in [0.4, 0.5) is 0 Å². The van der Waals surface area contributed by atoms with Gasteiger partial charge in [-0.25, -0.2) is 0 Å². The first-order chi connectivity index (χ1) is 11.6. The Morgan fingerprint density at radius 3 is 1.42 bits per heavy atom. The molecule has 0 aromatic carbocycles. The molecule has 0 heterocycles. The van der Waals surface area contributed by atoms with Crippen LogP contribution in [-0.4, -0.2) is 21.7 Å². The molecule has 6 heteroatoms. The lowest BCUT2D eigenvalue weighted by Gasteiger charge is -2.17. The smallest absolute Gasteiger partial charge is 0.144 e. The third-order valence-corrected chi connectivity index (χ3v) is 7.70. The highest BCUT2D eigenvalue weighted by atomic mass is 33.1. The van der Waals surface area contributed by atoms with E-state index in [0.29, 0.717) is 0 Å². The van der Waals surface area contributed by atoms with E-state index >= 15 is 0 Å². The molecule has 0 aliphatic rings. The molecule has 2 atom stereocenters. The standard InChI is InChI=1S/C18H36N2S4/c1-5-9-11-15(7-3)13-19-17(21)23-24-18(22)20-14-16(8-4)12-10-6-2/h15-16H,5-14H2,1-4H3,(H,19,21)(H,20,22). The van der Waals surface area contributed by atoms with Gasteiger partial charge >= 0.3 is 0 Å². The average Bonchev–Trinajstić information content (AvgIpc) is 2.60. The highest BCUT2D eigenvalue weighted by molar-refractivity contribution is 8.89. The van der Waals surface area contributed by atoms with Gasteiger partial charge < -0.3 is 10.6 Å². The van der Waals surface area contributed by atoms with Crippen LogP contribution in [0.3, 0.4) is 0 Å². The molecule has 0 bridgehead atoms. The summed E-state index contributed by atoms with van der Waals surface area (Å²) in [6.07, 6.45) is 10.1. The Morgan fingerprint density at radius 1 is 0.750 bits per heavy atom. The number of unbranched alkanes of at least 4 members (excludes halogenated alkanes) is 2. The number of nitrogens with one attached hydrogen (secondary N) is 2. The zero-order valence-electron chi connectivity index (χ0n) is 15.9. The quantitative estimate of drug-likeness (QED) is 0.280. The van der Waals surface area contributed by atoms with Gasteiger partial charge in [-0.3, -0.25) is 0 Å². The summed E-state index contributed by atoms with van der Waals surface area (Å²) in [5.41, 5.74) is 0. The third kappa shape index (κ3) is 13.7. The van der Waals surface area contributed by atoms with Gasteiger partial charge in [0, 0.05) is 13.1 Å². The van der Waals surface area contributed by atoms with Crippen LogP contribution in [0.5, 0.6) is 0 Å². The van der Waals surface area contributed by atoms with Crippen molar-refractivity contribution in [3.05, 3.63) is 0 Å². The molecule has 2 nitrogen and oxygen atoms in total. The molecular weight excluding hydrogens is 372 g/mol. The second-order valence-electron chi connectivity index (χ2n) is 6.34. The lowest BCUT2D eigenvalue weighted by atomic mass is 10.00. The Balaban J connectivity index is 3.86. The van der Waals surface area contributed by atoms with Gasteiger partial charge in [-0.15, -0.1) is 0 Å². The minimum atomic E-state index is 0.724. The summed E-state index contributed by atoms with van der Waals surface area (Å²) in [7, 11) is 3.14. The molecule has 0 amide bonds. The van der Waals surface area contributed by atoms with Gasteiger partial charge in [-0.1, -0.05) is 90.7 Å². The van der Waals surface area contributed by atoms with E-state index in [2.05, 4.69) is 38.3 Å². The fraction of sp³-hybridized carbons (Fsp3) is 0.889. The second kappa shape index (κ2) is 16.9. The maximum absolute atomic E-state index is 5.41. The van der Waals surface area contributed by atoms with E-state index < -0.39 is 0 Å². The van der Waals surface area contributed by atoms with Crippen LogP contribution in [0.2, 0.25) is 0 Å². The van der Waals surface area contributed by atoms with Gasteiger partial charge in [0.2, 0.25) is 0 Å². The molecule has 0 rings (SSSR count). The van der Waals surface area contributed by atoms with Crippen molar-refractivity contribution in [2.45, 2.75) is 79.1 Å². The third-order valence-electron chi connectivity index (χ3n) is 4.35. The molecule has 0 aromatic rings. The molecule has 0 radical (unpaired) electrons. The molecule has 2 N–H and O–H groups in total. The lowest BCUT2D eigenvalue weighted by Crippen LogP contribution is -2.27. The van der Waals surface area contributed by atoms with Crippen LogP contribution < -0.4 is 10.6 Å². The zero-order valence-corrected chi connectivity index (χ0v) is 19.1. The largest absolute Gasteiger partial charge is 0.370 e. The Kier molecular flexibility index (Phi) is 17.3. The molecule has 0 saturated heterocycles. The summed E-state index contributed by atoms with van der Waals surface area (Å²) in [6.45, 7) is 11.0. The van der Waals surface area contributed by atoms with Gasteiger partial charge in [0.05, 0.1) is 0 Å².